The molecule has 0 bridgehead atoms. The monoisotopic (exact) mass is 389 g/mol. The van der Waals surface area contributed by atoms with Crippen LogP contribution in [-0.4, -0.2) is 43.1 Å². The van der Waals surface area contributed by atoms with E-state index in [4.69, 9.17) is 9.47 Å². The van der Waals surface area contributed by atoms with Crippen molar-refractivity contribution in [2.75, 3.05) is 26.3 Å². The third-order valence-corrected chi connectivity index (χ3v) is 6.15. The minimum Gasteiger partial charge on any atom is -0.451 e. The summed E-state index contributed by atoms with van der Waals surface area (Å²) in [6.45, 7) is 0.910. The third-order valence-electron chi connectivity index (χ3n) is 4.94. The molecule has 2 aliphatic rings. The van der Waals surface area contributed by atoms with Gasteiger partial charge in [-0.3, -0.25) is 4.79 Å². The Kier molecular flexibility index (Phi) is 5.22. The van der Waals surface area contributed by atoms with Crippen LogP contribution in [0, 0.1) is 5.82 Å². The predicted octanol–water partition coefficient (Wildman–Crippen LogP) is 3.13. The lowest BCUT2D eigenvalue weighted by molar-refractivity contribution is -0.142. The fourth-order valence-corrected chi connectivity index (χ4v) is 4.62. The van der Waals surface area contributed by atoms with Gasteiger partial charge in [0.05, 0.1) is 13.2 Å². The lowest BCUT2D eigenvalue weighted by Gasteiger charge is -2.33. The van der Waals surface area contributed by atoms with Crippen LogP contribution >= 0.6 is 11.3 Å². The molecule has 1 amide bonds. The van der Waals surface area contributed by atoms with E-state index in [1.54, 1.807) is 17.0 Å². The molecule has 0 spiro atoms. The predicted molar refractivity (Wildman–Crippen MR) is 98.3 cm³/mol. The van der Waals surface area contributed by atoms with Gasteiger partial charge in [-0.25, -0.2) is 9.18 Å². The average molecular weight is 389 g/mol. The molecule has 0 N–H and O–H groups in total. The van der Waals surface area contributed by atoms with E-state index >= 15 is 0 Å². The zero-order valence-electron chi connectivity index (χ0n) is 14.8. The van der Waals surface area contributed by atoms with Crippen molar-refractivity contribution in [1.29, 1.82) is 0 Å². The molecule has 1 unspecified atom stereocenters. The van der Waals surface area contributed by atoms with Crippen molar-refractivity contribution in [3.8, 4) is 0 Å². The summed E-state index contributed by atoms with van der Waals surface area (Å²) in [6.07, 6.45) is 2.86. The molecule has 1 fully saturated rings. The Bertz CT molecular complexity index is 827. The second kappa shape index (κ2) is 7.78. The van der Waals surface area contributed by atoms with E-state index in [0.29, 0.717) is 24.6 Å². The number of rotatable bonds is 4. The first kappa shape index (κ1) is 18.1. The maximum atomic E-state index is 13.1. The minimum absolute atomic E-state index is 0.247. The first-order valence-electron chi connectivity index (χ1n) is 9.04. The summed E-state index contributed by atoms with van der Waals surface area (Å²) in [6, 6.07) is 7.95. The molecule has 142 valence electrons. The van der Waals surface area contributed by atoms with Crippen LogP contribution in [0.15, 0.2) is 30.3 Å². The number of amides is 1. The molecule has 1 aromatic carbocycles. The lowest BCUT2D eigenvalue weighted by Crippen LogP contribution is -2.44. The van der Waals surface area contributed by atoms with Crippen LogP contribution in [0.2, 0.25) is 0 Å². The van der Waals surface area contributed by atoms with Crippen LogP contribution in [0.3, 0.4) is 0 Å². The topological polar surface area (TPSA) is 55.8 Å². The molecule has 0 radical (unpaired) electrons. The molecule has 1 aromatic heterocycles. The Balaban J connectivity index is 1.32. The van der Waals surface area contributed by atoms with Crippen molar-refractivity contribution in [2.24, 2.45) is 0 Å². The highest BCUT2D eigenvalue weighted by molar-refractivity contribution is 7.14. The quantitative estimate of drug-likeness (QED) is 0.754. The molecule has 2 heterocycles. The number of halogens is 1. The SMILES string of the molecule is O=C(OCC(=O)N1CCOC(c2ccc(F)cc2)C1)c1cc2c(s1)CCC2. The van der Waals surface area contributed by atoms with Crippen molar-refractivity contribution in [1.82, 2.24) is 4.90 Å². The summed E-state index contributed by atoms with van der Waals surface area (Å²) in [4.78, 5) is 28.1. The highest BCUT2D eigenvalue weighted by atomic mass is 32.1. The highest BCUT2D eigenvalue weighted by Gasteiger charge is 2.27. The highest BCUT2D eigenvalue weighted by Crippen LogP contribution is 2.31. The van der Waals surface area contributed by atoms with E-state index in [1.807, 2.05) is 6.07 Å². The Morgan fingerprint density at radius 3 is 2.85 bits per heavy atom. The number of thiophene rings is 1. The van der Waals surface area contributed by atoms with E-state index in [2.05, 4.69) is 0 Å². The number of carbonyl (C=O) groups excluding carboxylic acids is 2. The molecule has 1 aliphatic heterocycles. The van der Waals surface area contributed by atoms with E-state index in [-0.39, 0.29) is 24.4 Å². The van der Waals surface area contributed by atoms with Crippen LogP contribution in [0.4, 0.5) is 4.39 Å². The summed E-state index contributed by atoms with van der Waals surface area (Å²) in [7, 11) is 0. The smallest absolute Gasteiger partial charge is 0.348 e. The van der Waals surface area contributed by atoms with Gasteiger partial charge in [0.15, 0.2) is 6.61 Å². The van der Waals surface area contributed by atoms with Gasteiger partial charge in [-0.05, 0) is 48.6 Å². The number of carbonyl (C=O) groups is 2. The molecular formula is C20H20FNO4S. The van der Waals surface area contributed by atoms with Crippen molar-refractivity contribution >= 4 is 23.2 Å². The second-order valence-corrected chi connectivity index (χ2v) is 7.88. The number of ether oxygens (including phenoxy) is 2. The fourth-order valence-electron chi connectivity index (χ4n) is 3.47. The number of fused-ring (bicyclic) bond motifs is 1. The van der Waals surface area contributed by atoms with Crippen molar-refractivity contribution in [3.63, 3.8) is 0 Å². The zero-order valence-corrected chi connectivity index (χ0v) is 15.6. The normalized spacial score (nSPS) is 19.0. The van der Waals surface area contributed by atoms with Gasteiger partial charge in [0, 0.05) is 11.4 Å². The van der Waals surface area contributed by atoms with Crippen molar-refractivity contribution < 1.29 is 23.5 Å². The lowest BCUT2D eigenvalue weighted by atomic mass is 10.1. The molecule has 1 aliphatic carbocycles. The van der Waals surface area contributed by atoms with E-state index < -0.39 is 5.97 Å². The van der Waals surface area contributed by atoms with E-state index in [0.717, 1.165) is 24.8 Å². The molecule has 2 aromatic rings. The number of morpholine rings is 1. The first-order valence-corrected chi connectivity index (χ1v) is 9.85. The average Bonchev–Trinajstić information content (AvgIpc) is 3.29. The van der Waals surface area contributed by atoms with Crippen molar-refractivity contribution in [2.45, 2.75) is 25.4 Å². The second-order valence-electron chi connectivity index (χ2n) is 6.74. The molecule has 4 rings (SSSR count). The summed E-state index contributed by atoms with van der Waals surface area (Å²) >= 11 is 1.47. The first-order chi connectivity index (χ1) is 13.1. The fraction of sp³-hybridized carbons (Fsp3) is 0.400. The Morgan fingerprint density at radius 1 is 1.26 bits per heavy atom. The summed E-state index contributed by atoms with van der Waals surface area (Å²) in [5, 5.41) is 0. The van der Waals surface area contributed by atoms with Gasteiger partial charge in [0.1, 0.15) is 16.8 Å². The molecule has 0 saturated carbocycles. The maximum absolute atomic E-state index is 13.1. The zero-order chi connectivity index (χ0) is 18.8. The number of hydrogen-bond acceptors (Lipinski definition) is 5. The van der Waals surface area contributed by atoms with Gasteiger partial charge in [0.2, 0.25) is 0 Å². The maximum Gasteiger partial charge on any atom is 0.348 e. The molecule has 7 heteroatoms. The van der Waals surface area contributed by atoms with Gasteiger partial charge in [0.25, 0.3) is 5.91 Å². The van der Waals surface area contributed by atoms with Crippen LogP contribution in [0.5, 0.6) is 0 Å². The minimum atomic E-state index is -0.439. The van der Waals surface area contributed by atoms with Gasteiger partial charge in [-0.1, -0.05) is 12.1 Å². The van der Waals surface area contributed by atoms with Gasteiger partial charge >= 0.3 is 5.97 Å². The number of nitrogens with zero attached hydrogens (tertiary/aromatic N) is 1. The van der Waals surface area contributed by atoms with Crippen molar-refractivity contribution in [3.05, 3.63) is 57.0 Å². The molecule has 1 saturated heterocycles. The Hall–Kier alpha value is -2.25. The van der Waals surface area contributed by atoms with E-state index in [1.165, 1.54) is 33.9 Å². The summed E-state index contributed by atoms with van der Waals surface area (Å²) < 4.78 is 24.0. The van der Waals surface area contributed by atoms with Crippen LogP contribution in [0.25, 0.3) is 0 Å². The largest absolute Gasteiger partial charge is 0.451 e. The third kappa shape index (κ3) is 4.04. The van der Waals surface area contributed by atoms with Crippen LogP contribution in [-0.2, 0) is 27.1 Å². The summed E-state index contributed by atoms with van der Waals surface area (Å²) in [5.74, 6) is -0.997. The number of hydrogen-bond donors (Lipinski definition) is 0. The number of esters is 1. The summed E-state index contributed by atoms with van der Waals surface area (Å²) in [5.41, 5.74) is 2.05. The number of benzene rings is 1. The standard InChI is InChI=1S/C20H20FNO4S/c21-15-6-4-13(5-7-15)16-11-22(8-9-25-16)19(23)12-26-20(24)18-10-14-2-1-3-17(14)27-18/h4-7,10,16H,1-3,8-9,11-12H2. The molecule has 27 heavy (non-hydrogen) atoms. The van der Waals surface area contributed by atoms with Gasteiger partial charge in [-0.15, -0.1) is 11.3 Å². The molecule has 1 atom stereocenters. The van der Waals surface area contributed by atoms with Gasteiger partial charge < -0.3 is 14.4 Å². The Labute approximate surface area is 160 Å². The van der Waals surface area contributed by atoms with E-state index in [9.17, 15) is 14.0 Å². The van der Waals surface area contributed by atoms with Crippen LogP contribution < -0.4 is 0 Å². The molecular weight excluding hydrogens is 369 g/mol. The van der Waals surface area contributed by atoms with Gasteiger partial charge in [-0.2, -0.15) is 0 Å². The van der Waals surface area contributed by atoms with Crippen LogP contribution in [0.1, 0.15) is 38.2 Å². The molecule has 5 nitrogen and oxygen atoms in total. The Morgan fingerprint density at radius 2 is 2.07 bits per heavy atom. The number of aryl methyl sites for hydroxylation is 2.